The van der Waals surface area contributed by atoms with Crippen molar-refractivity contribution in [2.75, 3.05) is 0 Å². The Morgan fingerprint density at radius 2 is 1.37 bits per heavy atom. The maximum Gasteiger partial charge on any atom is 0.197 e. The van der Waals surface area contributed by atoms with E-state index < -0.39 is 57.7 Å². The summed E-state index contributed by atoms with van der Waals surface area (Å²) >= 11 is 0. The van der Waals surface area contributed by atoms with Gasteiger partial charge in [-0.15, -0.1) is 0 Å². The zero-order valence-corrected chi connectivity index (χ0v) is 20.8. The van der Waals surface area contributed by atoms with Crippen molar-refractivity contribution in [3.05, 3.63) is 93.6 Å². The van der Waals surface area contributed by atoms with Crippen LogP contribution in [0.25, 0.3) is 22.3 Å². The fourth-order valence-electron chi connectivity index (χ4n) is 5.08. The molecule has 2 atom stereocenters. The van der Waals surface area contributed by atoms with Crippen LogP contribution in [-0.4, -0.2) is 41.5 Å². The summed E-state index contributed by atoms with van der Waals surface area (Å²) in [4.78, 5) is 27.3. The third-order valence-corrected chi connectivity index (χ3v) is 6.94. The lowest BCUT2D eigenvalue weighted by Crippen LogP contribution is -2.30. The molecule has 11 nitrogen and oxygen atoms in total. The lowest BCUT2D eigenvalue weighted by molar-refractivity contribution is 0.0772. The average Bonchev–Trinajstić information content (AvgIpc) is 2.90. The van der Waals surface area contributed by atoms with Gasteiger partial charge < -0.3 is 44.9 Å². The van der Waals surface area contributed by atoms with Crippen LogP contribution in [-0.2, 0) is 0 Å². The van der Waals surface area contributed by atoms with Crippen LogP contribution in [0.3, 0.4) is 0 Å². The summed E-state index contributed by atoms with van der Waals surface area (Å²) in [6.45, 7) is 0. The van der Waals surface area contributed by atoms with Crippen molar-refractivity contribution < 1.29 is 49.7 Å². The molecule has 2 heterocycles. The quantitative estimate of drug-likeness (QED) is 0.154. The molecular formula is C30H20O11. The molecule has 1 aliphatic heterocycles. The number of Topliss-reactive ketones (excluding diaryl/α,β-unsaturated/α-hetero) is 1. The van der Waals surface area contributed by atoms with E-state index in [1.807, 2.05) is 0 Å². The molecule has 0 unspecified atom stereocenters. The maximum atomic E-state index is 14.1. The largest absolute Gasteiger partial charge is 0.508 e. The molecule has 1 aliphatic rings. The number of rotatable bonds is 3. The third-order valence-electron chi connectivity index (χ3n) is 6.94. The topological polar surface area (TPSA) is 198 Å². The minimum Gasteiger partial charge on any atom is -0.508 e. The van der Waals surface area contributed by atoms with Crippen molar-refractivity contribution in [2.45, 2.75) is 12.0 Å². The van der Waals surface area contributed by atoms with Gasteiger partial charge in [-0.3, -0.25) is 9.59 Å². The number of carbonyl (C=O) groups excluding carboxylic acids is 1. The molecule has 7 N–H and O–H groups in total. The Balaban J connectivity index is 1.67. The molecule has 0 fully saturated rings. The number of benzene rings is 4. The standard InChI is InChI=1S/C30H20O11/c31-14-4-1-12(2-5-14)22-11-21(38)24-19(36)10-20(37)26(30(24)40-22)27-28(39)25-18(35)8-15(32)9-23(25)41-29(27)13-3-6-16(33)17(34)7-13/h1-11,27,29,31-37H/t27-,29+/m1/s1. The SMILES string of the molecule is O=C1c2c(O)cc(O)cc2O[C@@H](c2ccc(O)c(O)c2)[C@@H]1c1c(O)cc(O)c2c(=O)cc(-c3ccc(O)cc3)oc12. The third kappa shape index (κ3) is 4.07. The van der Waals surface area contributed by atoms with E-state index in [4.69, 9.17) is 9.15 Å². The molecule has 206 valence electrons. The summed E-state index contributed by atoms with van der Waals surface area (Å²) in [7, 11) is 0. The zero-order chi connectivity index (χ0) is 29.2. The molecule has 1 aromatic heterocycles. The Hall–Kier alpha value is -5.84. The zero-order valence-electron chi connectivity index (χ0n) is 20.8. The first-order valence-corrected chi connectivity index (χ1v) is 12.1. The minimum absolute atomic E-state index is 0.00933. The Morgan fingerprint density at radius 1 is 0.634 bits per heavy atom. The molecule has 4 aromatic carbocycles. The van der Waals surface area contributed by atoms with E-state index in [-0.39, 0.29) is 44.9 Å². The van der Waals surface area contributed by atoms with Gasteiger partial charge in [-0.1, -0.05) is 6.07 Å². The lowest BCUT2D eigenvalue weighted by atomic mass is 9.79. The van der Waals surface area contributed by atoms with Gasteiger partial charge in [0.1, 0.15) is 62.9 Å². The Labute approximate surface area is 229 Å². The summed E-state index contributed by atoms with van der Waals surface area (Å²) in [5, 5.41) is 71.7. The van der Waals surface area contributed by atoms with Crippen LogP contribution in [0.4, 0.5) is 0 Å². The predicted molar refractivity (Wildman–Crippen MR) is 143 cm³/mol. The van der Waals surface area contributed by atoms with E-state index in [2.05, 4.69) is 0 Å². The number of fused-ring (bicyclic) bond motifs is 2. The van der Waals surface area contributed by atoms with Crippen molar-refractivity contribution in [3.8, 4) is 57.3 Å². The van der Waals surface area contributed by atoms with Gasteiger partial charge in [0.25, 0.3) is 0 Å². The normalized spacial score (nSPS) is 16.3. The number of ether oxygens (including phenoxy) is 1. The summed E-state index contributed by atoms with van der Waals surface area (Å²) < 4.78 is 12.1. The van der Waals surface area contributed by atoms with Crippen molar-refractivity contribution >= 4 is 16.8 Å². The van der Waals surface area contributed by atoms with Gasteiger partial charge in [0.15, 0.2) is 22.7 Å². The summed E-state index contributed by atoms with van der Waals surface area (Å²) in [5.74, 6) is -5.86. The molecule has 0 spiro atoms. The smallest absolute Gasteiger partial charge is 0.197 e. The Kier molecular flexibility index (Phi) is 5.66. The molecule has 0 radical (unpaired) electrons. The highest BCUT2D eigenvalue weighted by Crippen LogP contribution is 2.52. The van der Waals surface area contributed by atoms with E-state index in [1.165, 1.54) is 30.3 Å². The lowest BCUT2D eigenvalue weighted by Gasteiger charge is -2.34. The number of carbonyl (C=O) groups is 1. The molecule has 0 bridgehead atoms. The predicted octanol–water partition coefficient (Wildman–Crippen LogP) is 4.50. The molecule has 5 aromatic rings. The Morgan fingerprint density at radius 3 is 2.07 bits per heavy atom. The number of ketones is 1. The number of phenols is 7. The van der Waals surface area contributed by atoms with E-state index in [0.29, 0.717) is 5.56 Å². The van der Waals surface area contributed by atoms with Crippen LogP contribution in [0.1, 0.15) is 33.5 Å². The molecule has 11 heteroatoms. The van der Waals surface area contributed by atoms with E-state index >= 15 is 0 Å². The second kappa shape index (κ2) is 9.12. The Bertz CT molecular complexity index is 1940. The molecule has 0 aliphatic carbocycles. The first-order valence-electron chi connectivity index (χ1n) is 12.1. The highest BCUT2D eigenvalue weighted by atomic mass is 16.5. The van der Waals surface area contributed by atoms with Crippen molar-refractivity contribution in [1.82, 2.24) is 0 Å². The number of hydrogen-bond acceptors (Lipinski definition) is 11. The average molecular weight is 556 g/mol. The molecule has 41 heavy (non-hydrogen) atoms. The van der Waals surface area contributed by atoms with Crippen LogP contribution in [0, 0.1) is 0 Å². The van der Waals surface area contributed by atoms with E-state index in [9.17, 15) is 45.3 Å². The first kappa shape index (κ1) is 25.4. The van der Waals surface area contributed by atoms with Gasteiger partial charge in [0.2, 0.25) is 0 Å². The van der Waals surface area contributed by atoms with Crippen molar-refractivity contribution in [3.63, 3.8) is 0 Å². The first-order chi connectivity index (χ1) is 19.5. The molecule has 0 amide bonds. The van der Waals surface area contributed by atoms with E-state index in [0.717, 1.165) is 36.4 Å². The van der Waals surface area contributed by atoms with Gasteiger partial charge in [-0.2, -0.15) is 0 Å². The van der Waals surface area contributed by atoms with Gasteiger partial charge >= 0.3 is 0 Å². The molecule has 0 saturated carbocycles. The fraction of sp³-hybridized carbons (Fsp3) is 0.0667. The van der Waals surface area contributed by atoms with E-state index in [1.54, 1.807) is 0 Å². The van der Waals surface area contributed by atoms with Gasteiger partial charge in [0, 0.05) is 29.8 Å². The van der Waals surface area contributed by atoms with Crippen LogP contribution >= 0.6 is 0 Å². The minimum atomic E-state index is -1.54. The van der Waals surface area contributed by atoms with Crippen molar-refractivity contribution in [1.29, 1.82) is 0 Å². The van der Waals surface area contributed by atoms with Crippen molar-refractivity contribution in [2.24, 2.45) is 0 Å². The van der Waals surface area contributed by atoms with Gasteiger partial charge in [0.05, 0.1) is 11.5 Å². The number of hydrogen-bond donors (Lipinski definition) is 7. The molecule has 6 rings (SSSR count). The van der Waals surface area contributed by atoms with Crippen LogP contribution in [0.15, 0.2) is 75.9 Å². The molecular weight excluding hydrogens is 536 g/mol. The summed E-state index contributed by atoms with van der Waals surface area (Å²) in [6.07, 6.45) is -1.36. The van der Waals surface area contributed by atoms with Crippen LogP contribution in [0.5, 0.6) is 46.0 Å². The molecule has 0 saturated heterocycles. The monoisotopic (exact) mass is 556 g/mol. The van der Waals surface area contributed by atoms with Gasteiger partial charge in [-0.25, -0.2) is 0 Å². The second-order valence-corrected chi connectivity index (χ2v) is 9.52. The van der Waals surface area contributed by atoms with Crippen LogP contribution in [0.2, 0.25) is 0 Å². The summed E-state index contributed by atoms with van der Waals surface area (Å²) in [5.41, 5.74) is -1.15. The van der Waals surface area contributed by atoms with Crippen LogP contribution < -0.4 is 10.2 Å². The van der Waals surface area contributed by atoms with Gasteiger partial charge in [-0.05, 0) is 42.0 Å². The summed E-state index contributed by atoms with van der Waals surface area (Å²) in [6, 6.07) is 13.3. The number of phenolic OH excluding ortho intramolecular Hbond substituents is 7. The second-order valence-electron chi connectivity index (χ2n) is 9.52. The highest BCUT2D eigenvalue weighted by Gasteiger charge is 2.44. The fourth-order valence-corrected chi connectivity index (χ4v) is 5.08. The number of aromatic hydroxyl groups is 7. The highest BCUT2D eigenvalue weighted by molar-refractivity contribution is 6.09. The maximum absolute atomic E-state index is 14.1.